The van der Waals surface area contributed by atoms with Crippen LogP contribution in [-0.2, 0) is 0 Å². The van der Waals surface area contributed by atoms with Crippen LogP contribution in [0.25, 0.3) is 11.0 Å². The van der Waals surface area contributed by atoms with Gasteiger partial charge in [0, 0.05) is 6.54 Å². The summed E-state index contributed by atoms with van der Waals surface area (Å²) < 4.78 is 1.96. The number of hydrogen-bond acceptors (Lipinski definition) is 4. The van der Waals surface area contributed by atoms with E-state index in [0.29, 0.717) is 17.5 Å². The number of aromatic carboxylic acids is 1. The van der Waals surface area contributed by atoms with Crippen LogP contribution in [0.4, 0.5) is 0 Å². The molecule has 0 aliphatic carbocycles. The molecule has 2 aromatic rings. The third-order valence-corrected chi connectivity index (χ3v) is 4.10. The minimum Gasteiger partial charge on any atom is -0.478 e. The Labute approximate surface area is 117 Å². The fraction of sp³-hybridized carbons (Fsp3) is 0.500. The lowest BCUT2D eigenvalue weighted by molar-refractivity contribution is 0.0697. The van der Waals surface area contributed by atoms with Gasteiger partial charge in [-0.2, -0.15) is 0 Å². The van der Waals surface area contributed by atoms with Gasteiger partial charge in [-0.25, -0.2) is 9.48 Å². The van der Waals surface area contributed by atoms with Crippen LogP contribution in [0.15, 0.2) is 18.2 Å². The Kier molecular flexibility index (Phi) is 3.17. The molecule has 1 aliphatic rings. The molecular weight excluding hydrogens is 256 g/mol. The minimum atomic E-state index is -0.936. The van der Waals surface area contributed by atoms with Crippen molar-refractivity contribution in [2.24, 2.45) is 5.92 Å². The van der Waals surface area contributed by atoms with E-state index in [4.69, 9.17) is 5.11 Å². The third kappa shape index (κ3) is 2.16. The first-order valence-electron chi connectivity index (χ1n) is 6.83. The molecule has 1 N–H and O–H groups in total. The molecule has 2 atom stereocenters. The zero-order valence-electron chi connectivity index (χ0n) is 11.7. The van der Waals surface area contributed by atoms with E-state index in [2.05, 4.69) is 29.2 Å². The average Bonchev–Trinajstić information content (AvgIpc) is 2.81. The van der Waals surface area contributed by atoms with Crippen LogP contribution in [0.3, 0.4) is 0 Å². The molecule has 0 bridgehead atoms. The Balaban J connectivity index is 1.98. The van der Waals surface area contributed by atoms with E-state index >= 15 is 0 Å². The number of rotatable bonds is 2. The Bertz CT molecular complexity index is 652. The summed E-state index contributed by atoms with van der Waals surface area (Å²) in [5, 5.41) is 17.4. The molecule has 1 saturated heterocycles. The maximum atomic E-state index is 11.0. The summed E-state index contributed by atoms with van der Waals surface area (Å²) >= 11 is 0. The minimum absolute atomic E-state index is 0.251. The van der Waals surface area contributed by atoms with Crippen LogP contribution in [0, 0.1) is 5.92 Å². The number of carboxylic acid groups (broad SMARTS) is 1. The van der Waals surface area contributed by atoms with Gasteiger partial charge in [-0.3, -0.25) is 0 Å². The molecular formula is C14H18N4O2. The van der Waals surface area contributed by atoms with E-state index < -0.39 is 5.97 Å². The van der Waals surface area contributed by atoms with Crippen molar-refractivity contribution in [2.75, 3.05) is 20.1 Å². The lowest BCUT2D eigenvalue weighted by Crippen LogP contribution is -2.38. The van der Waals surface area contributed by atoms with Crippen molar-refractivity contribution in [3.05, 3.63) is 23.8 Å². The highest BCUT2D eigenvalue weighted by Crippen LogP contribution is 2.29. The average molecular weight is 274 g/mol. The van der Waals surface area contributed by atoms with E-state index in [-0.39, 0.29) is 5.56 Å². The van der Waals surface area contributed by atoms with Gasteiger partial charge in [0.05, 0.1) is 17.1 Å². The van der Waals surface area contributed by atoms with Crippen LogP contribution in [0.1, 0.15) is 29.7 Å². The number of carbonyl (C=O) groups is 1. The van der Waals surface area contributed by atoms with E-state index in [1.807, 2.05) is 10.7 Å². The normalized spacial score (nSPS) is 24.1. The number of likely N-dealkylation sites (tertiary alicyclic amines) is 1. The SMILES string of the molecule is CC1CN(C)CCC1n1nnc2cc(C(=O)O)ccc21. The summed E-state index contributed by atoms with van der Waals surface area (Å²) in [6.07, 6.45) is 1.04. The standard InChI is InChI=1S/C14H18N4O2/c1-9-8-17(2)6-5-12(9)18-13-4-3-10(14(19)20)7-11(13)15-16-18/h3-4,7,9,12H,5-6,8H2,1-2H3,(H,19,20). The Morgan fingerprint density at radius 1 is 1.45 bits per heavy atom. The van der Waals surface area contributed by atoms with Gasteiger partial charge in [-0.15, -0.1) is 5.10 Å². The summed E-state index contributed by atoms with van der Waals surface area (Å²) in [6.45, 7) is 4.31. The van der Waals surface area contributed by atoms with Gasteiger partial charge in [0.1, 0.15) is 5.52 Å². The zero-order valence-corrected chi connectivity index (χ0v) is 11.7. The number of piperidine rings is 1. The van der Waals surface area contributed by atoms with Crippen molar-refractivity contribution in [3.8, 4) is 0 Å². The van der Waals surface area contributed by atoms with Crippen LogP contribution in [-0.4, -0.2) is 51.1 Å². The second kappa shape index (κ2) is 4.86. The Morgan fingerprint density at radius 2 is 2.25 bits per heavy atom. The Morgan fingerprint density at radius 3 is 2.95 bits per heavy atom. The van der Waals surface area contributed by atoms with E-state index in [0.717, 1.165) is 25.0 Å². The zero-order chi connectivity index (χ0) is 14.3. The summed E-state index contributed by atoms with van der Waals surface area (Å²) in [5.41, 5.74) is 1.81. The van der Waals surface area contributed by atoms with Crippen LogP contribution < -0.4 is 0 Å². The molecule has 0 radical (unpaired) electrons. The summed E-state index contributed by atoms with van der Waals surface area (Å²) in [5.74, 6) is -0.438. The van der Waals surface area contributed by atoms with Crippen molar-refractivity contribution in [2.45, 2.75) is 19.4 Å². The van der Waals surface area contributed by atoms with E-state index in [1.54, 1.807) is 12.1 Å². The van der Waals surface area contributed by atoms with Gasteiger partial charge in [-0.1, -0.05) is 12.1 Å². The molecule has 106 valence electrons. The van der Waals surface area contributed by atoms with Gasteiger partial charge in [0.2, 0.25) is 0 Å². The number of fused-ring (bicyclic) bond motifs is 1. The quantitative estimate of drug-likeness (QED) is 0.901. The third-order valence-electron chi connectivity index (χ3n) is 4.10. The summed E-state index contributed by atoms with van der Waals surface area (Å²) in [6, 6.07) is 5.33. The maximum Gasteiger partial charge on any atom is 0.335 e. The number of aromatic nitrogens is 3. The molecule has 0 saturated carbocycles. The van der Waals surface area contributed by atoms with Gasteiger partial charge >= 0.3 is 5.97 Å². The molecule has 0 spiro atoms. The second-order valence-corrected chi connectivity index (χ2v) is 5.64. The lowest BCUT2D eigenvalue weighted by Gasteiger charge is -2.34. The highest BCUT2D eigenvalue weighted by Gasteiger charge is 2.27. The first-order valence-corrected chi connectivity index (χ1v) is 6.83. The summed E-state index contributed by atoms with van der Waals surface area (Å²) in [7, 11) is 2.13. The fourth-order valence-electron chi connectivity index (χ4n) is 3.02. The van der Waals surface area contributed by atoms with Crippen LogP contribution in [0.2, 0.25) is 0 Å². The molecule has 3 rings (SSSR count). The van der Waals surface area contributed by atoms with Crippen molar-refractivity contribution in [1.29, 1.82) is 0 Å². The molecule has 2 unspecified atom stereocenters. The molecule has 0 amide bonds. The van der Waals surface area contributed by atoms with Gasteiger partial charge < -0.3 is 10.0 Å². The van der Waals surface area contributed by atoms with Crippen molar-refractivity contribution >= 4 is 17.0 Å². The molecule has 20 heavy (non-hydrogen) atoms. The maximum absolute atomic E-state index is 11.0. The van der Waals surface area contributed by atoms with Crippen molar-refractivity contribution in [3.63, 3.8) is 0 Å². The smallest absolute Gasteiger partial charge is 0.335 e. The highest BCUT2D eigenvalue weighted by molar-refractivity contribution is 5.92. The molecule has 6 nitrogen and oxygen atoms in total. The highest BCUT2D eigenvalue weighted by atomic mass is 16.4. The monoisotopic (exact) mass is 274 g/mol. The van der Waals surface area contributed by atoms with E-state index in [1.165, 1.54) is 0 Å². The Hall–Kier alpha value is -1.95. The topological polar surface area (TPSA) is 71.2 Å². The first-order chi connectivity index (χ1) is 9.56. The van der Waals surface area contributed by atoms with Crippen LogP contribution >= 0.6 is 0 Å². The molecule has 1 fully saturated rings. The fourth-order valence-corrected chi connectivity index (χ4v) is 3.02. The molecule has 1 aromatic heterocycles. The number of nitrogens with zero attached hydrogens (tertiary/aromatic N) is 4. The molecule has 1 aliphatic heterocycles. The first kappa shape index (κ1) is 13.1. The van der Waals surface area contributed by atoms with Gasteiger partial charge in [-0.05, 0) is 44.1 Å². The predicted octanol–water partition coefficient (Wildman–Crippen LogP) is 1.64. The van der Waals surface area contributed by atoms with Crippen LogP contribution in [0.5, 0.6) is 0 Å². The van der Waals surface area contributed by atoms with E-state index in [9.17, 15) is 4.79 Å². The van der Waals surface area contributed by atoms with Crippen molar-refractivity contribution in [1.82, 2.24) is 19.9 Å². The largest absolute Gasteiger partial charge is 0.478 e. The number of hydrogen-bond donors (Lipinski definition) is 1. The summed E-state index contributed by atoms with van der Waals surface area (Å²) in [4.78, 5) is 13.3. The van der Waals surface area contributed by atoms with Crippen molar-refractivity contribution < 1.29 is 9.90 Å². The molecule has 2 heterocycles. The molecule has 1 aromatic carbocycles. The second-order valence-electron chi connectivity index (χ2n) is 5.64. The lowest BCUT2D eigenvalue weighted by atomic mass is 9.94. The van der Waals surface area contributed by atoms with Gasteiger partial charge in [0.15, 0.2) is 0 Å². The van der Waals surface area contributed by atoms with Gasteiger partial charge in [0.25, 0.3) is 0 Å². The molecule has 6 heteroatoms. The predicted molar refractivity (Wildman–Crippen MR) is 74.8 cm³/mol. The number of carboxylic acids is 1. The number of benzene rings is 1.